The maximum atomic E-state index is 11.3. The Morgan fingerprint density at radius 3 is 2.39 bits per heavy atom. The summed E-state index contributed by atoms with van der Waals surface area (Å²) >= 11 is 19.6. The van der Waals surface area contributed by atoms with Crippen LogP contribution in [-0.4, -0.2) is 16.2 Å². The monoisotopic (exact) mass is 570 g/mol. The molecule has 1 aliphatic rings. The summed E-state index contributed by atoms with van der Waals surface area (Å²) in [5, 5.41) is 14.9. The second kappa shape index (κ2) is 10.6. The zero-order chi connectivity index (χ0) is 27.1. The number of benzene rings is 3. The molecule has 3 aromatic carbocycles. The minimum Gasteiger partial charge on any atom is -0.478 e. The van der Waals surface area contributed by atoms with Gasteiger partial charge in [0.25, 0.3) is 0 Å². The molecular weight excluding hydrogens is 547 g/mol. The Labute approximate surface area is 235 Å². The molecule has 3 atom stereocenters. The number of carbonyl (C=O) groups is 1. The molecule has 1 aromatic heterocycles. The van der Waals surface area contributed by atoms with Crippen molar-refractivity contribution in [3.05, 3.63) is 104 Å². The minimum absolute atomic E-state index is 0.0143. The fraction of sp³-hybridized carbons (Fsp3) is 0.241. The highest BCUT2D eigenvalue weighted by atomic mass is 35.5. The lowest BCUT2D eigenvalue weighted by Crippen LogP contribution is -2.19. The minimum atomic E-state index is -0.937. The van der Waals surface area contributed by atoms with E-state index in [4.69, 9.17) is 49.8 Å². The average molecular weight is 572 g/mol. The summed E-state index contributed by atoms with van der Waals surface area (Å²) in [4.78, 5) is 11.3. The molecule has 5 rings (SSSR count). The molecule has 0 saturated heterocycles. The lowest BCUT2D eigenvalue weighted by atomic mass is 9.99. The third-order valence-electron chi connectivity index (χ3n) is 6.75. The smallest absolute Gasteiger partial charge is 0.335 e. The van der Waals surface area contributed by atoms with E-state index in [1.54, 1.807) is 42.5 Å². The van der Waals surface area contributed by atoms with Crippen molar-refractivity contribution < 1.29 is 19.2 Å². The molecule has 0 spiro atoms. The molecule has 0 bridgehead atoms. The fourth-order valence-corrected chi connectivity index (χ4v) is 5.69. The maximum Gasteiger partial charge on any atom is 0.335 e. The van der Waals surface area contributed by atoms with Gasteiger partial charge >= 0.3 is 5.97 Å². The number of aromatic nitrogens is 1. The van der Waals surface area contributed by atoms with E-state index in [1.807, 2.05) is 32.0 Å². The van der Waals surface area contributed by atoms with E-state index in [-0.39, 0.29) is 23.3 Å². The van der Waals surface area contributed by atoms with Crippen LogP contribution in [0.1, 0.15) is 77.1 Å². The van der Waals surface area contributed by atoms with Crippen LogP contribution in [0.2, 0.25) is 15.1 Å². The van der Waals surface area contributed by atoms with E-state index >= 15 is 0 Å². The zero-order valence-electron chi connectivity index (χ0n) is 20.6. The molecule has 3 N–H and O–H groups in total. The van der Waals surface area contributed by atoms with Crippen LogP contribution in [0.25, 0.3) is 11.3 Å². The highest BCUT2D eigenvalue weighted by molar-refractivity contribution is 6.39. The van der Waals surface area contributed by atoms with Gasteiger partial charge in [-0.1, -0.05) is 78.1 Å². The number of aromatic carboxylic acids is 1. The van der Waals surface area contributed by atoms with Gasteiger partial charge in [0, 0.05) is 16.5 Å². The second-order valence-electron chi connectivity index (χ2n) is 9.66. The number of carboxylic acid groups (broad SMARTS) is 1. The van der Waals surface area contributed by atoms with Gasteiger partial charge in [0.1, 0.15) is 17.2 Å². The van der Waals surface area contributed by atoms with Crippen molar-refractivity contribution in [3.63, 3.8) is 0 Å². The van der Waals surface area contributed by atoms with Gasteiger partial charge in [-0.15, -0.1) is 0 Å². The van der Waals surface area contributed by atoms with E-state index in [9.17, 15) is 9.90 Å². The largest absolute Gasteiger partial charge is 0.478 e. The first-order valence-corrected chi connectivity index (χ1v) is 13.3. The summed E-state index contributed by atoms with van der Waals surface area (Å²) in [5.41, 5.74) is 10.3. The topological polar surface area (TPSA) is 98.6 Å². The van der Waals surface area contributed by atoms with Crippen LogP contribution in [0.5, 0.6) is 5.75 Å². The van der Waals surface area contributed by atoms with Gasteiger partial charge in [-0.2, -0.15) is 0 Å². The van der Waals surface area contributed by atoms with Crippen LogP contribution in [-0.2, 0) is 0 Å². The molecule has 4 aromatic rings. The molecule has 1 fully saturated rings. The van der Waals surface area contributed by atoms with Gasteiger partial charge in [0.15, 0.2) is 6.23 Å². The predicted octanol–water partition coefficient (Wildman–Crippen LogP) is 8.43. The summed E-state index contributed by atoms with van der Waals surface area (Å²) in [7, 11) is 0. The normalized spacial score (nSPS) is 17.4. The van der Waals surface area contributed by atoms with Crippen molar-refractivity contribution in [2.75, 3.05) is 0 Å². The first-order chi connectivity index (χ1) is 18.2. The van der Waals surface area contributed by atoms with Crippen molar-refractivity contribution in [1.82, 2.24) is 5.16 Å². The van der Waals surface area contributed by atoms with Gasteiger partial charge < -0.3 is 14.4 Å². The number of halogens is 3. The van der Waals surface area contributed by atoms with Crippen LogP contribution in [0.4, 0.5) is 0 Å². The van der Waals surface area contributed by atoms with Gasteiger partial charge in [-0.05, 0) is 65.8 Å². The molecule has 9 heteroatoms. The summed E-state index contributed by atoms with van der Waals surface area (Å²) in [6.07, 6.45) is -0.0292. The van der Waals surface area contributed by atoms with Crippen LogP contribution < -0.4 is 10.5 Å². The third-order valence-corrected chi connectivity index (χ3v) is 7.71. The molecule has 3 unspecified atom stereocenters. The fourth-order valence-electron chi connectivity index (χ4n) is 4.80. The van der Waals surface area contributed by atoms with E-state index < -0.39 is 12.2 Å². The molecule has 0 radical (unpaired) electrons. The van der Waals surface area contributed by atoms with Gasteiger partial charge in [-0.3, -0.25) is 5.73 Å². The molecule has 1 heterocycles. The van der Waals surface area contributed by atoms with Gasteiger partial charge in [0.2, 0.25) is 0 Å². The van der Waals surface area contributed by atoms with Crippen LogP contribution in [0.3, 0.4) is 0 Å². The quantitative estimate of drug-likeness (QED) is 0.206. The van der Waals surface area contributed by atoms with E-state index in [2.05, 4.69) is 5.16 Å². The van der Waals surface area contributed by atoms with Crippen molar-refractivity contribution in [3.8, 4) is 17.0 Å². The Hall–Kier alpha value is -3.03. The van der Waals surface area contributed by atoms with E-state index in [1.165, 1.54) is 0 Å². The molecule has 6 nitrogen and oxygen atoms in total. The van der Waals surface area contributed by atoms with Crippen molar-refractivity contribution in [2.24, 2.45) is 5.73 Å². The highest BCUT2D eigenvalue weighted by Crippen LogP contribution is 2.56. The van der Waals surface area contributed by atoms with Gasteiger partial charge in [-0.25, -0.2) is 4.79 Å². The van der Waals surface area contributed by atoms with E-state index in [0.717, 1.165) is 17.5 Å². The van der Waals surface area contributed by atoms with E-state index in [0.29, 0.717) is 43.4 Å². The Morgan fingerprint density at radius 2 is 1.74 bits per heavy atom. The summed E-state index contributed by atoms with van der Waals surface area (Å²) < 4.78 is 11.8. The third kappa shape index (κ3) is 5.14. The number of hydrogen-bond acceptors (Lipinski definition) is 5. The number of carboxylic acids is 1. The van der Waals surface area contributed by atoms with Crippen molar-refractivity contribution >= 4 is 40.8 Å². The summed E-state index contributed by atoms with van der Waals surface area (Å²) in [6, 6.07) is 17.8. The average Bonchev–Trinajstić information content (AvgIpc) is 3.54. The highest BCUT2D eigenvalue weighted by Gasteiger charge is 2.41. The lowest BCUT2D eigenvalue weighted by Gasteiger charge is -2.18. The number of rotatable bonds is 8. The first-order valence-electron chi connectivity index (χ1n) is 12.1. The SMILES string of the molecule is CC(C)c1onc(-c2c(Cl)cccc2Cl)c1C(N)Oc1ccc(C2CC2c2cccc(C(=O)O)c2)c(Cl)c1. The molecule has 0 amide bonds. The Kier molecular flexibility index (Phi) is 7.43. The zero-order valence-corrected chi connectivity index (χ0v) is 22.9. The first kappa shape index (κ1) is 26.6. The van der Waals surface area contributed by atoms with Crippen molar-refractivity contribution in [2.45, 2.75) is 44.2 Å². The Bertz CT molecular complexity index is 1500. The van der Waals surface area contributed by atoms with Gasteiger partial charge in [0.05, 0.1) is 21.2 Å². The number of nitrogens with two attached hydrogens (primary N) is 1. The molecule has 196 valence electrons. The number of nitrogens with zero attached hydrogens (tertiary/aromatic N) is 1. The summed E-state index contributed by atoms with van der Waals surface area (Å²) in [6.45, 7) is 3.94. The lowest BCUT2D eigenvalue weighted by molar-refractivity contribution is 0.0696. The second-order valence-corrected chi connectivity index (χ2v) is 10.9. The molecule has 38 heavy (non-hydrogen) atoms. The Morgan fingerprint density at radius 1 is 1.03 bits per heavy atom. The summed E-state index contributed by atoms with van der Waals surface area (Å²) in [5.74, 6) is 0.537. The molecular formula is C29H25Cl3N2O4. The Balaban J connectivity index is 1.39. The molecule has 1 aliphatic carbocycles. The standard InChI is InChI=1S/C29H25Cl3N2O4/c1-14(2)27-25(26(34-38-27)24-21(30)7-4-8-22(24)31)28(33)37-17-9-10-18(23(32)12-17)20-13-19(20)15-5-3-6-16(11-15)29(35)36/h3-12,14,19-20,28H,13,33H2,1-2H3,(H,35,36). The maximum absolute atomic E-state index is 11.3. The van der Waals surface area contributed by atoms with Crippen LogP contribution >= 0.6 is 34.8 Å². The molecule has 0 aliphatic heterocycles. The number of hydrogen-bond donors (Lipinski definition) is 2. The van der Waals surface area contributed by atoms with Crippen LogP contribution in [0.15, 0.2) is 65.2 Å². The number of ether oxygens (including phenoxy) is 1. The van der Waals surface area contributed by atoms with Crippen molar-refractivity contribution in [1.29, 1.82) is 0 Å². The predicted molar refractivity (Wildman–Crippen MR) is 149 cm³/mol. The molecule has 1 saturated carbocycles. The van der Waals surface area contributed by atoms with Crippen LogP contribution in [0, 0.1) is 0 Å².